The number of unbranched alkanes of at least 4 members (excludes halogenated alkanes) is 2. The summed E-state index contributed by atoms with van der Waals surface area (Å²) >= 11 is 11.0. The van der Waals surface area contributed by atoms with Crippen molar-refractivity contribution in [2.24, 2.45) is 0 Å². The Morgan fingerprint density at radius 2 is 1.69 bits per heavy atom. The molecule has 0 saturated heterocycles. The lowest BCUT2D eigenvalue weighted by Crippen LogP contribution is -2.06. The highest BCUT2D eigenvalue weighted by molar-refractivity contribution is 9.72. The van der Waals surface area contributed by atoms with E-state index in [4.69, 9.17) is 4.74 Å². The average Bonchev–Trinajstić information content (AvgIpc) is 2.59. The van der Waals surface area contributed by atoms with Gasteiger partial charge < -0.3 is 9.84 Å². The maximum absolute atomic E-state index is 9.89. The Balaban J connectivity index is 2.07. The molecule has 2 aromatic carbocycles. The normalized spacial score (nSPS) is 11.5. The van der Waals surface area contributed by atoms with Crippen molar-refractivity contribution in [3.05, 3.63) is 48.0 Å². The van der Waals surface area contributed by atoms with Crippen LogP contribution in [0.15, 0.2) is 42.5 Å². The zero-order valence-corrected chi connectivity index (χ0v) is 20.7. The summed E-state index contributed by atoms with van der Waals surface area (Å²) in [6.07, 6.45) is 5.48. The first kappa shape index (κ1) is 22.0. The van der Waals surface area contributed by atoms with Gasteiger partial charge in [0.15, 0.2) is 0 Å². The molecule has 0 aliphatic rings. The second kappa shape index (κ2) is 10.9. The van der Waals surface area contributed by atoms with Gasteiger partial charge >= 0.3 is 0 Å². The first-order valence-corrected chi connectivity index (χ1v) is 18.0. The summed E-state index contributed by atoms with van der Waals surface area (Å²) in [7, 11) is 0. The van der Waals surface area contributed by atoms with Crippen molar-refractivity contribution >= 4 is 49.8 Å². The van der Waals surface area contributed by atoms with Gasteiger partial charge in [-0.2, -0.15) is 0 Å². The Labute approximate surface area is 181 Å². The van der Waals surface area contributed by atoms with Crippen LogP contribution in [0.5, 0.6) is 11.5 Å². The molecule has 0 amide bonds. The third kappa shape index (κ3) is 7.75. The lowest BCUT2D eigenvalue weighted by atomic mass is 9.96. The second-order valence-corrected chi connectivity index (χ2v) is 29.9. The van der Waals surface area contributed by atoms with Crippen LogP contribution in [0.3, 0.4) is 0 Å². The van der Waals surface area contributed by atoms with E-state index >= 15 is 0 Å². The van der Waals surface area contributed by atoms with Gasteiger partial charge in [-0.15, -0.1) is 0 Å². The summed E-state index contributed by atoms with van der Waals surface area (Å²) in [5, 5.41) is 9.89. The molecule has 0 unspecified atom stereocenters. The van der Waals surface area contributed by atoms with Gasteiger partial charge in [0.25, 0.3) is 3.93 Å². The molecule has 2 aromatic rings. The van der Waals surface area contributed by atoms with E-state index < -0.39 is 3.93 Å². The fraction of sp³-hybridized carbons (Fsp3) is 0.400. The second-order valence-electron chi connectivity index (χ2n) is 6.39. The van der Waals surface area contributed by atoms with Crippen LogP contribution in [-0.2, 0) is 6.42 Å². The Bertz CT molecular complexity index is 684. The van der Waals surface area contributed by atoms with E-state index in [-0.39, 0.29) is 0 Å². The van der Waals surface area contributed by atoms with Crippen molar-refractivity contribution in [2.45, 2.75) is 45.1 Å². The van der Waals surface area contributed by atoms with Crippen LogP contribution in [0, 0.1) is 0 Å². The van der Waals surface area contributed by atoms with E-state index in [0.717, 1.165) is 43.2 Å². The van der Waals surface area contributed by atoms with Gasteiger partial charge in [-0.3, -0.25) is 0 Å². The monoisotopic (exact) mass is 562 g/mol. The van der Waals surface area contributed by atoms with E-state index in [1.54, 1.807) is 6.07 Å². The number of aromatic hydroxyl groups is 1. The van der Waals surface area contributed by atoms with Gasteiger partial charge in [0.1, 0.15) is 11.5 Å². The predicted molar refractivity (Wildman–Crippen MR) is 124 cm³/mol. The molecule has 6 heteroatoms. The van der Waals surface area contributed by atoms with Gasteiger partial charge in [-0.1, -0.05) is 83.8 Å². The van der Waals surface area contributed by atoms with Crippen molar-refractivity contribution in [1.82, 2.24) is 0 Å². The van der Waals surface area contributed by atoms with Crippen LogP contribution in [0.1, 0.15) is 38.2 Å². The average molecular weight is 565 g/mol. The molecule has 0 aromatic heterocycles. The summed E-state index contributed by atoms with van der Waals surface area (Å²) in [6, 6.07) is 15.0. The Hall–Kier alpha value is -0.303. The molecule has 2 rings (SSSR count). The number of ether oxygens (including phenoxy) is 1. The predicted octanol–water partition coefficient (Wildman–Crippen LogP) is 7.68. The van der Waals surface area contributed by atoms with Crippen molar-refractivity contribution in [3.8, 4) is 22.6 Å². The van der Waals surface area contributed by atoms with Crippen molar-refractivity contribution < 1.29 is 9.84 Å². The first-order chi connectivity index (χ1) is 12.4. The molecule has 0 heterocycles. The first-order valence-electron chi connectivity index (χ1n) is 9.01. The fourth-order valence-electron chi connectivity index (χ4n) is 2.82. The number of rotatable bonds is 10. The highest BCUT2D eigenvalue weighted by Gasteiger charge is 2.21. The number of benzene rings is 2. The van der Waals surface area contributed by atoms with Crippen LogP contribution >= 0.6 is 45.9 Å². The molecule has 0 atom stereocenters. The minimum atomic E-state index is -1.59. The number of aryl methyl sites for hydroxylation is 1. The number of hydrogen-bond acceptors (Lipinski definition) is 2. The molecule has 142 valence electrons. The van der Waals surface area contributed by atoms with Crippen molar-refractivity contribution in [2.75, 3.05) is 6.61 Å². The molecule has 1 N–H and O–H groups in total. The summed E-state index contributed by atoms with van der Waals surface area (Å²) in [5.41, 5.74) is 3.50. The van der Waals surface area contributed by atoms with Crippen LogP contribution in [0.25, 0.3) is 11.1 Å². The molecule has 0 saturated carbocycles. The lowest BCUT2D eigenvalue weighted by Gasteiger charge is -2.13. The van der Waals surface area contributed by atoms with Crippen molar-refractivity contribution in [1.29, 1.82) is 0 Å². The van der Waals surface area contributed by atoms with E-state index in [9.17, 15) is 5.11 Å². The van der Waals surface area contributed by atoms with E-state index in [1.807, 2.05) is 24.3 Å². The summed E-state index contributed by atoms with van der Waals surface area (Å²) in [5.74, 6) is 1.23. The third-order valence-electron chi connectivity index (χ3n) is 4.18. The van der Waals surface area contributed by atoms with Crippen LogP contribution in [-0.4, -0.2) is 15.6 Å². The minimum Gasteiger partial charge on any atom is -0.508 e. The minimum absolute atomic E-state index is 0.319. The summed E-state index contributed by atoms with van der Waals surface area (Å²) < 4.78 is 4.21. The molecule has 26 heavy (non-hydrogen) atoms. The van der Waals surface area contributed by atoms with Gasteiger partial charge in [0, 0.05) is 0 Å². The summed E-state index contributed by atoms with van der Waals surface area (Å²) in [4.78, 5) is 0. The molecule has 0 aliphatic heterocycles. The number of hydrogen-bond donors (Lipinski definition) is 1. The van der Waals surface area contributed by atoms with Crippen LogP contribution in [0.2, 0.25) is 6.04 Å². The van der Waals surface area contributed by atoms with Gasteiger partial charge in [0.2, 0.25) is 0 Å². The van der Waals surface area contributed by atoms with Crippen molar-refractivity contribution in [3.63, 3.8) is 0 Å². The molecule has 0 spiro atoms. The van der Waals surface area contributed by atoms with Crippen LogP contribution < -0.4 is 4.74 Å². The van der Waals surface area contributed by atoms with Gasteiger partial charge in [-0.25, -0.2) is 0 Å². The molecule has 0 radical (unpaired) electrons. The van der Waals surface area contributed by atoms with E-state index in [2.05, 4.69) is 64.9 Å². The SMILES string of the molecule is CCCCCOc1ccc(-c2ccc(O)cc2CCC[Si](Br)(Br)Br)cc1. The molecule has 0 aliphatic carbocycles. The van der Waals surface area contributed by atoms with Crippen LogP contribution in [0.4, 0.5) is 0 Å². The smallest absolute Gasteiger partial charge is 0.267 e. The number of halogens is 3. The lowest BCUT2D eigenvalue weighted by molar-refractivity contribution is 0.306. The quantitative estimate of drug-likeness (QED) is 0.182. The maximum atomic E-state index is 9.89. The molecular weight excluding hydrogens is 540 g/mol. The number of phenolic OH excluding ortho intramolecular Hbond substituents is 1. The Morgan fingerprint density at radius 1 is 0.962 bits per heavy atom. The standard InChI is InChI=1S/C20H25Br3O2Si/c1-2-3-4-13-25-19-10-7-16(8-11-19)20-12-9-18(24)15-17(20)6-5-14-26(21,22)23/h7-12,15,24H,2-6,13-14H2,1H3. The largest absolute Gasteiger partial charge is 0.508 e. The highest BCUT2D eigenvalue weighted by atomic mass is 80.0. The van der Waals surface area contributed by atoms with E-state index in [1.165, 1.54) is 24.0 Å². The zero-order valence-electron chi connectivity index (χ0n) is 15.0. The van der Waals surface area contributed by atoms with Gasteiger partial charge in [0.05, 0.1) is 6.61 Å². The highest BCUT2D eigenvalue weighted by Crippen LogP contribution is 2.35. The maximum Gasteiger partial charge on any atom is 0.267 e. The third-order valence-corrected chi connectivity index (χ3v) is 8.67. The Morgan fingerprint density at radius 3 is 2.35 bits per heavy atom. The molecular formula is C20H25Br3O2Si. The number of phenols is 1. The summed E-state index contributed by atoms with van der Waals surface area (Å²) in [6.45, 7) is 2.97. The zero-order chi connectivity index (χ0) is 19.0. The van der Waals surface area contributed by atoms with Gasteiger partial charge in [-0.05, 0) is 66.3 Å². The molecule has 0 bridgehead atoms. The Kier molecular flexibility index (Phi) is 9.21. The molecule has 0 fully saturated rings. The topological polar surface area (TPSA) is 29.5 Å². The molecule has 2 nitrogen and oxygen atoms in total. The van der Waals surface area contributed by atoms with E-state index in [0.29, 0.717) is 5.75 Å². The fourth-order valence-corrected chi connectivity index (χ4v) is 5.92.